The number of carboxylic acids is 1. The molecule has 0 fully saturated rings. The predicted octanol–water partition coefficient (Wildman–Crippen LogP) is 2.41. The van der Waals surface area contributed by atoms with Gasteiger partial charge in [-0.1, -0.05) is 0 Å². The lowest BCUT2D eigenvalue weighted by molar-refractivity contribution is 0.0689. The molecule has 24 heavy (non-hydrogen) atoms. The molecule has 6 heteroatoms. The van der Waals surface area contributed by atoms with Gasteiger partial charge in [-0.05, 0) is 55.8 Å². The Balaban J connectivity index is 1.80. The normalized spacial score (nSPS) is 11.3. The number of aromatic carboxylic acids is 1. The first kappa shape index (κ1) is 16.1. The van der Waals surface area contributed by atoms with Gasteiger partial charge in [0.15, 0.2) is 5.69 Å². The molecule has 0 spiro atoms. The van der Waals surface area contributed by atoms with E-state index in [1.54, 1.807) is 12.4 Å². The highest BCUT2D eigenvalue weighted by Gasteiger charge is 2.19. The quantitative estimate of drug-likeness (QED) is 0.754. The number of nitrogens with zero attached hydrogens (tertiary/aromatic N) is 4. The molecule has 0 saturated carbocycles. The van der Waals surface area contributed by atoms with Crippen LogP contribution in [0.25, 0.3) is 5.65 Å². The summed E-state index contributed by atoms with van der Waals surface area (Å²) >= 11 is 0. The molecule has 1 N–H and O–H groups in total. The third-order valence-electron chi connectivity index (χ3n) is 4.03. The number of aryl methyl sites for hydroxylation is 1. The van der Waals surface area contributed by atoms with Crippen LogP contribution in [0.3, 0.4) is 0 Å². The van der Waals surface area contributed by atoms with Crippen molar-refractivity contribution in [3.8, 4) is 0 Å². The van der Waals surface area contributed by atoms with E-state index in [1.165, 1.54) is 5.56 Å². The minimum Gasteiger partial charge on any atom is -0.476 e. The van der Waals surface area contributed by atoms with Gasteiger partial charge in [-0.15, -0.1) is 0 Å². The molecule has 3 heterocycles. The molecule has 0 unspecified atom stereocenters. The number of hydrogen-bond acceptors (Lipinski definition) is 4. The van der Waals surface area contributed by atoms with E-state index in [0.29, 0.717) is 17.9 Å². The van der Waals surface area contributed by atoms with E-state index in [9.17, 15) is 9.90 Å². The summed E-state index contributed by atoms with van der Waals surface area (Å²) in [4.78, 5) is 21.9. The monoisotopic (exact) mass is 324 g/mol. The highest BCUT2D eigenvalue weighted by molar-refractivity contribution is 5.88. The van der Waals surface area contributed by atoms with Crippen LogP contribution in [0.15, 0.2) is 42.9 Å². The summed E-state index contributed by atoms with van der Waals surface area (Å²) in [5.74, 6) is -0.992. The van der Waals surface area contributed by atoms with Crippen molar-refractivity contribution < 1.29 is 9.90 Å². The molecule has 0 aliphatic rings. The van der Waals surface area contributed by atoms with Gasteiger partial charge >= 0.3 is 5.97 Å². The van der Waals surface area contributed by atoms with Crippen LogP contribution in [-0.4, -0.2) is 43.9 Å². The highest BCUT2D eigenvalue weighted by atomic mass is 16.4. The lowest BCUT2D eigenvalue weighted by Crippen LogP contribution is -2.23. The zero-order valence-corrected chi connectivity index (χ0v) is 13.8. The van der Waals surface area contributed by atoms with Crippen LogP contribution in [0.1, 0.15) is 27.3 Å². The van der Waals surface area contributed by atoms with Gasteiger partial charge in [0.2, 0.25) is 0 Å². The number of imidazole rings is 1. The maximum atomic E-state index is 11.5. The summed E-state index contributed by atoms with van der Waals surface area (Å²) in [6.45, 7) is 3.31. The van der Waals surface area contributed by atoms with Gasteiger partial charge in [0.25, 0.3) is 0 Å². The van der Waals surface area contributed by atoms with Crippen molar-refractivity contribution in [3.05, 3.63) is 65.4 Å². The largest absolute Gasteiger partial charge is 0.476 e. The number of carbonyl (C=O) groups is 1. The second kappa shape index (κ2) is 6.80. The smallest absolute Gasteiger partial charge is 0.356 e. The summed E-state index contributed by atoms with van der Waals surface area (Å²) in [7, 11) is 1.99. The zero-order chi connectivity index (χ0) is 17.1. The standard InChI is InChI=1S/C18H20N4O2/c1-13-5-10-22-15(17(18(23)24)20-16(22)11-13)12-21(2)9-6-14-3-7-19-8-4-14/h3-5,7-8,10-11H,6,9,12H2,1-2H3,(H,23,24). The van der Waals surface area contributed by atoms with E-state index < -0.39 is 5.97 Å². The number of fused-ring (bicyclic) bond motifs is 1. The fourth-order valence-electron chi connectivity index (χ4n) is 2.72. The summed E-state index contributed by atoms with van der Waals surface area (Å²) in [5, 5.41) is 9.46. The zero-order valence-electron chi connectivity index (χ0n) is 13.8. The lowest BCUT2D eigenvalue weighted by Gasteiger charge is -2.17. The topological polar surface area (TPSA) is 70.7 Å². The van der Waals surface area contributed by atoms with E-state index in [4.69, 9.17) is 0 Å². The van der Waals surface area contributed by atoms with Crippen LogP contribution >= 0.6 is 0 Å². The second-order valence-corrected chi connectivity index (χ2v) is 5.99. The van der Waals surface area contributed by atoms with Crippen LogP contribution in [0.5, 0.6) is 0 Å². The maximum Gasteiger partial charge on any atom is 0.356 e. The van der Waals surface area contributed by atoms with Crippen molar-refractivity contribution >= 4 is 11.6 Å². The van der Waals surface area contributed by atoms with Crippen molar-refractivity contribution in [2.45, 2.75) is 19.9 Å². The third-order valence-corrected chi connectivity index (χ3v) is 4.03. The minimum atomic E-state index is -0.992. The van der Waals surface area contributed by atoms with E-state index in [1.807, 2.05) is 48.8 Å². The molecule has 3 rings (SSSR count). The molecule has 6 nitrogen and oxygen atoms in total. The molecule has 0 amide bonds. The van der Waals surface area contributed by atoms with Crippen molar-refractivity contribution in [2.24, 2.45) is 0 Å². The molecule has 3 aromatic heterocycles. The van der Waals surface area contributed by atoms with Gasteiger partial charge < -0.3 is 14.4 Å². The average molecular weight is 324 g/mol. The van der Waals surface area contributed by atoms with E-state index in [0.717, 1.165) is 18.5 Å². The molecular formula is C18H20N4O2. The van der Waals surface area contributed by atoms with Crippen molar-refractivity contribution in [2.75, 3.05) is 13.6 Å². The van der Waals surface area contributed by atoms with Gasteiger partial charge in [0.1, 0.15) is 5.65 Å². The first-order chi connectivity index (χ1) is 11.5. The van der Waals surface area contributed by atoms with E-state index in [2.05, 4.69) is 14.9 Å². The Labute approximate surface area is 140 Å². The molecule has 0 aliphatic heterocycles. The van der Waals surface area contributed by atoms with Gasteiger partial charge in [-0.25, -0.2) is 9.78 Å². The number of carboxylic acid groups (broad SMARTS) is 1. The molecule has 0 aliphatic carbocycles. The molecule has 124 valence electrons. The number of hydrogen-bond donors (Lipinski definition) is 1. The Hall–Kier alpha value is -2.73. The van der Waals surface area contributed by atoms with Gasteiger partial charge in [-0.3, -0.25) is 4.98 Å². The van der Waals surface area contributed by atoms with Gasteiger partial charge in [-0.2, -0.15) is 0 Å². The maximum absolute atomic E-state index is 11.5. The van der Waals surface area contributed by atoms with Crippen molar-refractivity contribution in [1.82, 2.24) is 19.3 Å². The highest BCUT2D eigenvalue weighted by Crippen LogP contribution is 2.16. The molecule has 0 atom stereocenters. The van der Waals surface area contributed by atoms with E-state index in [-0.39, 0.29) is 5.69 Å². The third kappa shape index (κ3) is 3.44. The number of pyridine rings is 2. The van der Waals surface area contributed by atoms with Crippen LogP contribution in [0.4, 0.5) is 0 Å². The van der Waals surface area contributed by atoms with Crippen LogP contribution in [0, 0.1) is 6.92 Å². The Morgan fingerprint density at radius 1 is 1.29 bits per heavy atom. The van der Waals surface area contributed by atoms with Crippen molar-refractivity contribution in [3.63, 3.8) is 0 Å². The average Bonchev–Trinajstić information content (AvgIpc) is 2.92. The molecular weight excluding hydrogens is 304 g/mol. The molecule has 0 radical (unpaired) electrons. The van der Waals surface area contributed by atoms with Crippen LogP contribution in [-0.2, 0) is 13.0 Å². The molecule has 0 bridgehead atoms. The SMILES string of the molecule is Cc1ccn2c(CN(C)CCc3ccncc3)c(C(=O)O)nc2c1. The Morgan fingerprint density at radius 3 is 2.75 bits per heavy atom. The fraction of sp³-hybridized carbons (Fsp3) is 0.278. The molecule has 0 aromatic carbocycles. The van der Waals surface area contributed by atoms with Crippen LogP contribution in [0.2, 0.25) is 0 Å². The van der Waals surface area contributed by atoms with E-state index >= 15 is 0 Å². The first-order valence-corrected chi connectivity index (χ1v) is 7.83. The Morgan fingerprint density at radius 2 is 2.04 bits per heavy atom. The van der Waals surface area contributed by atoms with Crippen molar-refractivity contribution in [1.29, 1.82) is 0 Å². The molecule has 0 saturated heterocycles. The Kier molecular flexibility index (Phi) is 4.57. The summed E-state index contributed by atoms with van der Waals surface area (Å²) in [5.41, 5.74) is 3.77. The van der Waals surface area contributed by atoms with Crippen LogP contribution < -0.4 is 0 Å². The van der Waals surface area contributed by atoms with Gasteiger partial charge in [0, 0.05) is 31.7 Å². The predicted molar refractivity (Wildman–Crippen MR) is 91.2 cm³/mol. The second-order valence-electron chi connectivity index (χ2n) is 5.99. The summed E-state index contributed by atoms with van der Waals surface area (Å²) in [6, 6.07) is 7.84. The first-order valence-electron chi connectivity index (χ1n) is 7.83. The number of likely N-dealkylation sites (N-methyl/N-ethyl adjacent to an activating group) is 1. The Bertz CT molecular complexity index is 858. The lowest BCUT2D eigenvalue weighted by atomic mass is 10.2. The fourth-order valence-corrected chi connectivity index (χ4v) is 2.72. The number of rotatable bonds is 6. The van der Waals surface area contributed by atoms with Gasteiger partial charge in [0.05, 0.1) is 5.69 Å². The number of aromatic nitrogens is 3. The summed E-state index contributed by atoms with van der Waals surface area (Å²) < 4.78 is 1.86. The summed E-state index contributed by atoms with van der Waals surface area (Å²) in [6.07, 6.45) is 6.34. The minimum absolute atomic E-state index is 0.122. The molecule has 3 aromatic rings.